The van der Waals surface area contributed by atoms with Gasteiger partial charge in [-0.2, -0.15) is 0 Å². The van der Waals surface area contributed by atoms with Gasteiger partial charge in [0, 0.05) is 18.7 Å². The zero-order valence-electron chi connectivity index (χ0n) is 8.90. The molecule has 1 aliphatic rings. The number of aromatic nitrogens is 2. The molecular weight excluding hydrogens is 186 g/mol. The highest BCUT2D eigenvalue weighted by atomic mass is 15.0. The number of imidazole rings is 1. The second kappa shape index (κ2) is 3.35. The van der Waals surface area contributed by atoms with E-state index in [2.05, 4.69) is 40.0 Å². The molecule has 1 N–H and O–H groups in total. The number of nitrogens with one attached hydrogen (secondary N) is 1. The van der Waals surface area contributed by atoms with Crippen molar-refractivity contribution in [3.05, 3.63) is 35.9 Å². The lowest BCUT2D eigenvalue weighted by Crippen LogP contribution is -2.10. The maximum Gasteiger partial charge on any atom is 0.117 e. The first-order chi connectivity index (χ1) is 7.36. The van der Waals surface area contributed by atoms with E-state index in [0.717, 1.165) is 13.1 Å². The van der Waals surface area contributed by atoms with Crippen molar-refractivity contribution < 1.29 is 0 Å². The minimum atomic E-state index is 0.578. The molecule has 0 aromatic carbocycles. The van der Waals surface area contributed by atoms with Crippen molar-refractivity contribution in [3.8, 4) is 0 Å². The first kappa shape index (κ1) is 8.92. The first-order valence-corrected chi connectivity index (χ1v) is 5.49. The van der Waals surface area contributed by atoms with Crippen LogP contribution in [0.25, 0.3) is 5.52 Å². The van der Waals surface area contributed by atoms with E-state index < -0.39 is 0 Å². The third kappa shape index (κ3) is 1.35. The number of rotatable bonds is 1. The number of aryl methyl sites for hydroxylation is 1. The Labute approximate surface area is 89.1 Å². The van der Waals surface area contributed by atoms with Crippen LogP contribution in [0.15, 0.2) is 24.5 Å². The van der Waals surface area contributed by atoms with Crippen molar-refractivity contribution in [1.82, 2.24) is 14.7 Å². The molecule has 1 unspecified atom stereocenters. The van der Waals surface area contributed by atoms with Crippen molar-refractivity contribution in [3.63, 3.8) is 0 Å². The molecule has 78 valence electrons. The summed E-state index contributed by atoms with van der Waals surface area (Å²) in [5, 5.41) is 3.39. The van der Waals surface area contributed by atoms with E-state index in [1.54, 1.807) is 0 Å². The highest BCUT2D eigenvalue weighted by Crippen LogP contribution is 2.23. The van der Waals surface area contributed by atoms with Crippen LogP contribution >= 0.6 is 0 Å². The van der Waals surface area contributed by atoms with E-state index in [-0.39, 0.29) is 0 Å². The van der Waals surface area contributed by atoms with Gasteiger partial charge >= 0.3 is 0 Å². The van der Waals surface area contributed by atoms with E-state index in [1.165, 1.54) is 23.3 Å². The van der Waals surface area contributed by atoms with Gasteiger partial charge in [-0.15, -0.1) is 0 Å². The molecular formula is C12H15N3. The molecule has 0 radical (unpaired) electrons. The molecule has 0 spiro atoms. The number of hydrogen-bond donors (Lipinski definition) is 1. The van der Waals surface area contributed by atoms with Crippen LogP contribution in [0.5, 0.6) is 0 Å². The summed E-state index contributed by atoms with van der Waals surface area (Å²) in [6.07, 6.45) is 5.30. The Morgan fingerprint density at radius 2 is 2.47 bits per heavy atom. The van der Waals surface area contributed by atoms with Crippen LogP contribution in [0.4, 0.5) is 0 Å². The summed E-state index contributed by atoms with van der Waals surface area (Å²) in [6.45, 7) is 4.31. The number of fused-ring (bicyclic) bond motifs is 1. The maximum atomic E-state index is 4.56. The lowest BCUT2D eigenvalue weighted by molar-refractivity contribution is 0.698. The molecule has 2 aromatic heterocycles. The zero-order chi connectivity index (χ0) is 10.3. The fraction of sp³-hybridized carbons (Fsp3) is 0.417. The van der Waals surface area contributed by atoms with Crippen LogP contribution in [0.1, 0.15) is 23.7 Å². The van der Waals surface area contributed by atoms with Crippen LogP contribution in [-0.4, -0.2) is 22.5 Å². The van der Waals surface area contributed by atoms with E-state index in [0.29, 0.717) is 5.92 Å². The lowest BCUT2D eigenvalue weighted by Gasteiger charge is -2.07. The standard InChI is InChI=1S/C12H15N3/c1-9-3-2-6-15-11(9)8-14-12(15)10-4-5-13-7-10/h2-3,6,8,10,13H,4-5,7H2,1H3. The third-order valence-electron chi connectivity index (χ3n) is 3.24. The van der Waals surface area contributed by atoms with Crippen LogP contribution in [0.2, 0.25) is 0 Å². The van der Waals surface area contributed by atoms with Crippen molar-refractivity contribution in [2.75, 3.05) is 13.1 Å². The van der Waals surface area contributed by atoms with Gasteiger partial charge in [-0.25, -0.2) is 4.98 Å². The van der Waals surface area contributed by atoms with Gasteiger partial charge in [0.2, 0.25) is 0 Å². The molecule has 3 rings (SSSR count). The second-order valence-corrected chi connectivity index (χ2v) is 4.25. The average molecular weight is 201 g/mol. The summed E-state index contributed by atoms with van der Waals surface area (Å²) in [4.78, 5) is 4.56. The molecule has 0 bridgehead atoms. The molecule has 0 saturated carbocycles. The Bertz CT molecular complexity index is 481. The largest absolute Gasteiger partial charge is 0.316 e. The fourth-order valence-corrected chi connectivity index (χ4v) is 2.36. The van der Waals surface area contributed by atoms with Gasteiger partial charge in [-0.3, -0.25) is 0 Å². The predicted molar refractivity (Wildman–Crippen MR) is 60.2 cm³/mol. The number of pyridine rings is 1. The molecule has 15 heavy (non-hydrogen) atoms. The summed E-state index contributed by atoms with van der Waals surface area (Å²) in [7, 11) is 0. The van der Waals surface area contributed by atoms with Crippen LogP contribution in [0, 0.1) is 6.92 Å². The maximum absolute atomic E-state index is 4.56. The summed E-state index contributed by atoms with van der Waals surface area (Å²) in [6, 6.07) is 4.23. The normalized spacial score (nSPS) is 21.3. The van der Waals surface area contributed by atoms with Gasteiger partial charge < -0.3 is 9.72 Å². The molecule has 1 atom stereocenters. The SMILES string of the molecule is Cc1cccn2c(C3CCNC3)ncc12. The van der Waals surface area contributed by atoms with Gasteiger partial charge in [0.15, 0.2) is 0 Å². The molecule has 0 aliphatic carbocycles. The first-order valence-electron chi connectivity index (χ1n) is 5.49. The highest BCUT2D eigenvalue weighted by molar-refractivity contribution is 5.53. The summed E-state index contributed by atoms with van der Waals surface area (Å²) < 4.78 is 2.23. The minimum Gasteiger partial charge on any atom is -0.316 e. The average Bonchev–Trinajstić information content (AvgIpc) is 2.85. The smallest absolute Gasteiger partial charge is 0.117 e. The quantitative estimate of drug-likeness (QED) is 0.761. The Morgan fingerprint density at radius 1 is 1.53 bits per heavy atom. The molecule has 3 heterocycles. The van der Waals surface area contributed by atoms with Crippen LogP contribution in [-0.2, 0) is 0 Å². The van der Waals surface area contributed by atoms with Crippen molar-refractivity contribution in [2.24, 2.45) is 0 Å². The second-order valence-electron chi connectivity index (χ2n) is 4.25. The summed E-state index contributed by atoms with van der Waals surface area (Å²) >= 11 is 0. The van der Waals surface area contributed by atoms with Gasteiger partial charge in [0.25, 0.3) is 0 Å². The van der Waals surface area contributed by atoms with Crippen LogP contribution < -0.4 is 5.32 Å². The third-order valence-corrected chi connectivity index (χ3v) is 3.24. The minimum absolute atomic E-state index is 0.578. The molecule has 0 amide bonds. The lowest BCUT2D eigenvalue weighted by atomic mass is 10.1. The molecule has 1 saturated heterocycles. The number of hydrogen-bond acceptors (Lipinski definition) is 2. The molecule has 3 heteroatoms. The Morgan fingerprint density at radius 3 is 3.27 bits per heavy atom. The van der Waals surface area contributed by atoms with E-state index in [1.807, 2.05) is 6.20 Å². The Hall–Kier alpha value is -1.35. The van der Waals surface area contributed by atoms with E-state index in [4.69, 9.17) is 0 Å². The monoisotopic (exact) mass is 201 g/mol. The van der Waals surface area contributed by atoms with E-state index >= 15 is 0 Å². The van der Waals surface area contributed by atoms with Gasteiger partial charge in [-0.1, -0.05) is 6.07 Å². The zero-order valence-corrected chi connectivity index (χ0v) is 8.90. The summed E-state index contributed by atoms with van der Waals surface area (Å²) in [5.74, 6) is 1.79. The number of nitrogens with zero attached hydrogens (tertiary/aromatic N) is 2. The molecule has 2 aromatic rings. The topological polar surface area (TPSA) is 29.3 Å². The predicted octanol–water partition coefficient (Wildman–Crippen LogP) is 1.72. The van der Waals surface area contributed by atoms with Crippen molar-refractivity contribution >= 4 is 5.52 Å². The molecule has 3 nitrogen and oxygen atoms in total. The van der Waals surface area contributed by atoms with Gasteiger partial charge in [-0.05, 0) is 31.5 Å². The summed E-state index contributed by atoms with van der Waals surface area (Å²) in [5.41, 5.74) is 2.53. The molecule has 1 aliphatic heterocycles. The Balaban J connectivity index is 2.15. The van der Waals surface area contributed by atoms with Gasteiger partial charge in [0.05, 0.1) is 11.7 Å². The van der Waals surface area contributed by atoms with Crippen molar-refractivity contribution in [1.29, 1.82) is 0 Å². The fourth-order valence-electron chi connectivity index (χ4n) is 2.36. The Kier molecular flexibility index (Phi) is 1.99. The van der Waals surface area contributed by atoms with Crippen molar-refractivity contribution in [2.45, 2.75) is 19.3 Å². The molecule has 1 fully saturated rings. The highest BCUT2D eigenvalue weighted by Gasteiger charge is 2.20. The van der Waals surface area contributed by atoms with Crippen LogP contribution in [0.3, 0.4) is 0 Å². The van der Waals surface area contributed by atoms with Gasteiger partial charge in [0.1, 0.15) is 5.82 Å². The van der Waals surface area contributed by atoms with E-state index in [9.17, 15) is 0 Å².